The molecule has 37 heavy (non-hydrogen) atoms. The molecule has 1 spiro atoms. The zero-order valence-corrected chi connectivity index (χ0v) is 21.8. The van der Waals surface area contributed by atoms with Gasteiger partial charge in [0.05, 0.1) is 34.1 Å². The van der Waals surface area contributed by atoms with Crippen LogP contribution in [0, 0.1) is 17.8 Å². The summed E-state index contributed by atoms with van der Waals surface area (Å²) in [7, 11) is 0. The first kappa shape index (κ1) is 22.6. The number of carbonyl (C=O) groups is 2. The maximum Gasteiger partial charge on any atom is 0.266 e. The molecular formula is C29H23BrN4O3. The molecule has 4 heterocycles. The number of rotatable bonds is 2. The van der Waals surface area contributed by atoms with E-state index in [-0.39, 0.29) is 29.3 Å². The average molecular weight is 555 g/mol. The van der Waals surface area contributed by atoms with Gasteiger partial charge in [-0.05, 0) is 48.4 Å². The van der Waals surface area contributed by atoms with Gasteiger partial charge in [-0.2, -0.15) is 0 Å². The number of hydrogen-bond donors (Lipinski definition) is 1. The van der Waals surface area contributed by atoms with Crippen LogP contribution in [0.15, 0.2) is 82.1 Å². The molecule has 8 heteroatoms. The van der Waals surface area contributed by atoms with Gasteiger partial charge >= 0.3 is 0 Å². The van der Waals surface area contributed by atoms with Crippen LogP contribution in [0.2, 0.25) is 0 Å². The molecule has 1 aromatic heterocycles. The Hall–Kier alpha value is -3.62. The molecular weight excluding hydrogens is 532 g/mol. The average Bonchev–Trinajstić information content (AvgIpc) is 3.49. The lowest BCUT2D eigenvalue weighted by atomic mass is 9.75. The standard InChI is InChI=1S/C29H23BrN4O3/c1-15(2)24-22-23(27(37)33(26(22)36)17-13-11-16(30)12-14-17)29(32-24)19-8-4-6-10-21(19)34-25(35)18-7-3-5-9-20(18)31-28(29)34/h3-15,22-24,32H,1-2H3/t22-,23-,24-,29-/m1/s1. The topological polar surface area (TPSA) is 84.3 Å². The third kappa shape index (κ3) is 2.80. The van der Waals surface area contributed by atoms with E-state index in [1.165, 1.54) is 4.90 Å². The van der Waals surface area contributed by atoms with E-state index in [9.17, 15) is 14.4 Å². The Morgan fingerprint density at radius 2 is 1.62 bits per heavy atom. The summed E-state index contributed by atoms with van der Waals surface area (Å²) in [5, 5.41) is 4.23. The van der Waals surface area contributed by atoms with Gasteiger partial charge in [0.15, 0.2) is 0 Å². The van der Waals surface area contributed by atoms with Crippen LogP contribution in [0.25, 0.3) is 16.6 Å². The number of nitrogens with zero attached hydrogens (tertiary/aromatic N) is 3. The van der Waals surface area contributed by atoms with Gasteiger partial charge in [-0.1, -0.05) is 60.1 Å². The molecule has 1 N–H and O–H groups in total. The fraction of sp³-hybridized carbons (Fsp3) is 0.241. The molecule has 4 atom stereocenters. The molecule has 184 valence electrons. The van der Waals surface area contributed by atoms with Gasteiger partial charge in [0, 0.05) is 16.1 Å². The van der Waals surface area contributed by atoms with Crippen LogP contribution in [0.3, 0.4) is 0 Å². The number of benzene rings is 3. The molecule has 3 aliphatic heterocycles. The third-order valence-corrected chi connectivity index (χ3v) is 8.63. The van der Waals surface area contributed by atoms with Crippen molar-refractivity contribution in [3.63, 3.8) is 0 Å². The largest absolute Gasteiger partial charge is 0.296 e. The number of halogens is 1. The Labute approximate surface area is 221 Å². The molecule has 2 amide bonds. The summed E-state index contributed by atoms with van der Waals surface area (Å²) in [6, 6.07) is 21.8. The number of nitrogens with one attached hydrogen (secondary N) is 1. The van der Waals surface area contributed by atoms with Crippen molar-refractivity contribution in [1.29, 1.82) is 0 Å². The first-order valence-electron chi connectivity index (χ1n) is 12.4. The van der Waals surface area contributed by atoms with Crippen LogP contribution in [0.1, 0.15) is 25.2 Å². The van der Waals surface area contributed by atoms with Gasteiger partial charge in [-0.15, -0.1) is 0 Å². The Morgan fingerprint density at radius 3 is 2.38 bits per heavy atom. The van der Waals surface area contributed by atoms with Crippen molar-refractivity contribution in [2.75, 3.05) is 4.90 Å². The molecule has 7 nitrogen and oxygen atoms in total. The van der Waals surface area contributed by atoms with Gasteiger partial charge in [-0.3, -0.25) is 24.3 Å². The Balaban J connectivity index is 1.53. The fourth-order valence-electron chi connectivity index (χ4n) is 6.57. The Morgan fingerprint density at radius 1 is 0.919 bits per heavy atom. The highest BCUT2D eigenvalue weighted by Crippen LogP contribution is 2.56. The normalized spacial score (nSPS) is 25.8. The molecule has 7 rings (SSSR count). The smallest absolute Gasteiger partial charge is 0.266 e. The molecule has 2 saturated heterocycles. The number of carbonyl (C=O) groups excluding carboxylic acids is 2. The van der Waals surface area contributed by atoms with E-state index in [2.05, 4.69) is 35.1 Å². The van der Waals surface area contributed by atoms with Crippen LogP contribution >= 0.6 is 15.9 Å². The van der Waals surface area contributed by atoms with E-state index in [0.29, 0.717) is 28.1 Å². The summed E-state index contributed by atoms with van der Waals surface area (Å²) in [6.07, 6.45) is 0. The minimum Gasteiger partial charge on any atom is -0.296 e. The lowest BCUT2D eigenvalue weighted by Crippen LogP contribution is -2.51. The summed E-state index contributed by atoms with van der Waals surface area (Å²) in [5.74, 6) is -1.33. The lowest BCUT2D eigenvalue weighted by molar-refractivity contribution is -0.123. The maximum absolute atomic E-state index is 14.3. The highest BCUT2D eigenvalue weighted by Gasteiger charge is 2.70. The minimum atomic E-state index is -1.11. The molecule has 0 radical (unpaired) electrons. The zero-order valence-electron chi connectivity index (χ0n) is 20.2. The van der Waals surface area contributed by atoms with Crippen LogP contribution < -0.4 is 15.8 Å². The van der Waals surface area contributed by atoms with E-state index < -0.39 is 17.4 Å². The molecule has 3 aliphatic rings. The Bertz CT molecular complexity index is 1700. The summed E-state index contributed by atoms with van der Waals surface area (Å²) in [4.78, 5) is 48.5. The van der Waals surface area contributed by atoms with E-state index >= 15 is 0 Å². The summed E-state index contributed by atoms with van der Waals surface area (Å²) >= 11 is 3.43. The second kappa shape index (κ2) is 7.69. The number of anilines is 1. The highest BCUT2D eigenvalue weighted by molar-refractivity contribution is 9.10. The first-order valence-corrected chi connectivity index (χ1v) is 13.2. The molecule has 0 bridgehead atoms. The van der Waals surface area contributed by atoms with Crippen molar-refractivity contribution in [3.8, 4) is 5.69 Å². The maximum atomic E-state index is 14.3. The van der Waals surface area contributed by atoms with Crippen LogP contribution in [-0.2, 0) is 15.1 Å². The minimum absolute atomic E-state index is 0.0573. The van der Waals surface area contributed by atoms with Crippen molar-refractivity contribution in [2.24, 2.45) is 17.8 Å². The molecule has 3 aromatic carbocycles. The van der Waals surface area contributed by atoms with Crippen molar-refractivity contribution in [3.05, 3.63) is 99.0 Å². The molecule has 4 aromatic rings. The van der Waals surface area contributed by atoms with Crippen LogP contribution in [0.4, 0.5) is 5.69 Å². The van der Waals surface area contributed by atoms with Gasteiger partial charge in [0.25, 0.3) is 5.56 Å². The van der Waals surface area contributed by atoms with Crippen molar-refractivity contribution in [2.45, 2.75) is 25.4 Å². The van der Waals surface area contributed by atoms with Crippen molar-refractivity contribution < 1.29 is 9.59 Å². The molecule has 0 aliphatic carbocycles. The number of fused-ring (bicyclic) bond motifs is 8. The number of imide groups is 1. The van der Waals surface area contributed by atoms with E-state index in [4.69, 9.17) is 4.98 Å². The lowest BCUT2D eigenvalue weighted by Gasteiger charge is -2.32. The Kier molecular flexibility index (Phi) is 4.69. The number of aromatic nitrogens is 2. The highest BCUT2D eigenvalue weighted by atomic mass is 79.9. The zero-order chi connectivity index (χ0) is 25.6. The summed E-state index contributed by atoms with van der Waals surface area (Å²) < 4.78 is 2.49. The predicted molar refractivity (Wildman–Crippen MR) is 143 cm³/mol. The van der Waals surface area contributed by atoms with E-state index in [0.717, 1.165) is 10.0 Å². The fourth-order valence-corrected chi connectivity index (χ4v) is 6.83. The number of para-hydroxylation sites is 2. The molecule has 0 unspecified atom stereocenters. The van der Waals surface area contributed by atoms with E-state index in [1.54, 1.807) is 22.8 Å². The summed E-state index contributed by atoms with van der Waals surface area (Å²) in [5.41, 5.74) is 1.30. The monoisotopic (exact) mass is 554 g/mol. The molecule has 2 fully saturated rings. The number of amides is 2. The van der Waals surface area contributed by atoms with E-state index in [1.807, 2.05) is 54.6 Å². The van der Waals surface area contributed by atoms with Crippen LogP contribution in [-0.4, -0.2) is 27.4 Å². The van der Waals surface area contributed by atoms with Crippen molar-refractivity contribution in [1.82, 2.24) is 14.9 Å². The quantitative estimate of drug-likeness (QED) is 0.376. The second-order valence-electron chi connectivity index (χ2n) is 10.3. The van der Waals surface area contributed by atoms with Crippen molar-refractivity contribution >= 4 is 44.3 Å². The summed E-state index contributed by atoms with van der Waals surface area (Å²) in [6.45, 7) is 4.10. The molecule has 0 saturated carbocycles. The predicted octanol–water partition coefficient (Wildman–Crippen LogP) is 4.14. The van der Waals surface area contributed by atoms with Gasteiger partial charge < -0.3 is 0 Å². The van der Waals surface area contributed by atoms with Gasteiger partial charge in [0.2, 0.25) is 11.8 Å². The van der Waals surface area contributed by atoms with Crippen LogP contribution in [0.5, 0.6) is 0 Å². The van der Waals surface area contributed by atoms with Gasteiger partial charge in [-0.25, -0.2) is 9.88 Å². The SMILES string of the molecule is CC(C)[C@H]1N[C@]2(c3ccccc3-n3c2nc2ccccc2c3=O)[C@H]2C(=O)N(c3ccc(Br)cc3)C(=O)[C@@H]12. The first-order chi connectivity index (χ1) is 17.8. The number of hydrogen-bond acceptors (Lipinski definition) is 5. The second-order valence-corrected chi connectivity index (χ2v) is 11.2. The third-order valence-electron chi connectivity index (χ3n) is 8.10. The van der Waals surface area contributed by atoms with Gasteiger partial charge in [0.1, 0.15) is 11.4 Å².